The van der Waals surface area contributed by atoms with Crippen LogP contribution >= 0.6 is 10.2 Å². The second kappa shape index (κ2) is 8.63. The van der Waals surface area contributed by atoms with Gasteiger partial charge in [0, 0.05) is 0 Å². The van der Waals surface area contributed by atoms with Gasteiger partial charge in [-0.1, -0.05) is 0 Å². The van der Waals surface area contributed by atoms with Gasteiger partial charge < -0.3 is 0 Å². The molecule has 0 aliphatic heterocycles. The third kappa shape index (κ3) is 5.22. The number of carbonyl (C=O) groups excluding carboxylic acids is 1. The third-order valence-electron chi connectivity index (χ3n) is 2.76. The molecule has 2 rings (SSSR count). The number of hydrogen-bond donors (Lipinski definition) is 2. The molecule has 2 N–H and O–H groups in total. The first-order valence-corrected chi connectivity index (χ1v) is 10.5. The van der Waals surface area contributed by atoms with Crippen molar-refractivity contribution >= 4 is 40.4 Å². The monoisotopic (exact) mass is 381 g/mol. The minimum absolute atomic E-state index is 0.0555. The molecule has 0 atom stereocenters. The molecule has 4 nitrogen and oxygen atoms in total. The summed E-state index contributed by atoms with van der Waals surface area (Å²) in [5, 5.41) is 11.6. The van der Waals surface area contributed by atoms with Crippen LogP contribution in [0, 0.1) is 0 Å². The van der Waals surface area contributed by atoms with Crippen molar-refractivity contribution in [3.63, 3.8) is 0 Å². The molecule has 0 fully saturated rings. The maximum atomic E-state index is 12.3. The molecule has 1 amide bonds. The van der Waals surface area contributed by atoms with Crippen molar-refractivity contribution in [1.29, 1.82) is 0 Å². The molecule has 0 aliphatic rings. The molecule has 0 bridgehead atoms. The van der Waals surface area contributed by atoms with Crippen LogP contribution in [-0.4, -0.2) is 36.6 Å². The molecule has 22 heavy (non-hydrogen) atoms. The number of carboxylic acids is 1. The van der Waals surface area contributed by atoms with Gasteiger partial charge >= 0.3 is 138 Å². The van der Waals surface area contributed by atoms with Crippen molar-refractivity contribution in [1.82, 2.24) is 5.32 Å². The van der Waals surface area contributed by atoms with Gasteiger partial charge in [0.1, 0.15) is 0 Å². The van der Waals surface area contributed by atoms with Crippen LogP contribution in [0.3, 0.4) is 0 Å². The van der Waals surface area contributed by atoms with Gasteiger partial charge in [0.05, 0.1) is 0 Å². The van der Waals surface area contributed by atoms with Gasteiger partial charge in [0.25, 0.3) is 0 Å². The van der Waals surface area contributed by atoms with E-state index in [0.717, 1.165) is 10.0 Å². The summed E-state index contributed by atoms with van der Waals surface area (Å²) in [6.07, 6.45) is 0. The van der Waals surface area contributed by atoms with E-state index in [1.807, 2.05) is 48.5 Å². The third-order valence-corrected chi connectivity index (χ3v) is 6.78. The molecular formula is C16H15NO3SSe. The predicted octanol–water partition coefficient (Wildman–Crippen LogP) is 1.68. The standard InChI is InChI=1S/C16H15NO3SSe/c18-15(19)11-21-22-14-9-5-4-8-13(14)16(20)17-10-12-6-2-1-3-7-12/h1-9H,10-11H2,(H,17,20)(H,18,19). The molecule has 0 spiro atoms. The van der Waals surface area contributed by atoms with E-state index in [9.17, 15) is 9.59 Å². The Bertz CT molecular complexity index is 649. The average molecular weight is 380 g/mol. The Balaban J connectivity index is 1.98. The fourth-order valence-electron chi connectivity index (χ4n) is 1.74. The molecule has 6 heteroatoms. The Morgan fingerprint density at radius 3 is 2.45 bits per heavy atom. The maximum absolute atomic E-state index is 12.3. The normalized spacial score (nSPS) is 10.2. The van der Waals surface area contributed by atoms with Crippen LogP contribution in [0.1, 0.15) is 15.9 Å². The molecule has 0 saturated heterocycles. The second-order valence-corrected chi connectivity index (χ2v) is 8.55. The van der Waals surface area contributed by atoms with E-state index in [0.29, 0.717) is 12.1 Å². The van der Waals surface area contributed by atoms with Crippen LogP contribution in [0.4, 0.5) is 0 Å². The number of amides is 1. The second-order valence-electron chi connectivity index (χ2n) is 4.40. The van der Waals surface area contributed by atoms with E-state index in [1.165, 1.54) is 10.2 Å². The summed E-state index contributed by atoms with van der Waals surface area (Å²) in [7, 11) is 1.34. The van der Waals surface area contributed by atoms with E-state index >= 15 is 0 Å². The molecule has 0 radical (unpaired) electrons. The fraction of sp³-hybridized carbons (Fsp3) is 0.125. The average Bonchev–Trinajstić information content (AvgIpc) is 2.54. The van der Waals surface area contributed by atoms with E-state index in [2.05, 4.69) is 5.32 Å². The Hall–Kier alpha value is -1.75. The number of benzene rings is 2. The summed E-state index contributed by atoms with van der Waals surface area (Å²) in [4.78, 5) is 22.9. The molecule has 0 heterocycles. The van der Waals surface area contributed by atoms with Crippen molar-refractivity contribution in [2.75, 3.05) is 5.75 Å². The Morgan fingerprint density at radius 1 is 1.05 bits per heavy atom. The quantitative estimate of drug-likeness (QED) is 0.718. The summed E-state index contributed by atoms with van der Waals surface area (Å²) >= 11 is -0.0981. The van der Waals surface area contributed by atoms with E-state index in [-0.39, 0.29) is 25.5 Å². The van der Waals surface area contributed by atoms with Gasteiger partial charge in [0.15, 0.2) is 0 Å². The van der Waals surface area contributed by atoms with Crippen LogP contribution in [0.2, 0.25) is 0 Å². The van der Waals surface area contributed by atoms with Crippen LogP contribution in [0.5, 0.6) is 0 Å². The van der Waals surface area contributed by atoms with Gasteiger partial charge in [-0.2, -0.15) is 0 Å². The topological polar surface area (TPSA) is 66.4 Å². The van der Waals surface area contributed by atoms with Crippen molar-refractivity contribution in [2.24, 2.45) is 0 Å². The minimum atomic E-state index is -0.835. The van der Waals surface area contributed by atoms with E-state index in [1.54, 1.807) is 6.07 Å². The number of carbonyl (C=O) groups is 2. The molecular weight excluding hydrogens is 365 g/mol. The van der Waals surface area contributed by atoms with E-state index < -0.39 is 5.97 Å². The van der Waals surface area contributed by atoms with Crippen molar-refractivity contribution in [2.45, 2.75) is 6.54 Å². The SMILES string of the molecule is O=C(O)CS[Se]c1ccccc1C(=O)NCc1ccccc1. The van der Waals surface area contributed by atoms with E-state index in [4.69, 9.17) is 5.11 Å². The molecule has 2 aromatic carbocycles. The summed E-state index contributed by atoms with van der Waals surface area (Å²) in [5.41, 5.74) is 1.66. The Morgan fingerprint density at radius 2 is 1.73 bits per heavy atom. The predicted molar refractivity (Wildman–Crippen MR) is 89.5 cm³/mol. The molecule has 0 aliphatic carbocycles. The van der Waals surface area contributed by atoms with Crippen LogP contribution in [0.15, 0.2) is 54.6 Å². The molecule has 114 valence electrons. The van der Waals surface area contributed by atoms with Crippen molar-refractivity contribution in [3.05, 3.63) is 65.7 Å². The number of carboxylic acid groups (broad SMARTS) is 1. The zero-order valence-corrected chi connectivity index (χ0v) is 14.2. The first-order valence-electron chi connectivity index (χ1n) is 6.59. The number of aliphatic carboxylic acids is 1. The zero-order chi connectivity index (χ0) is 15.8. The van der Waals surface area contributed by atoms with Crippen LogP contribution < -0.4 is 9.78 Å². The van der Waals surface area contributed by atoms with Gasteiger partial charge in [0.2, 0.25) is 0 Å². The Labute approximate surface area is 138 Å². The Kier molecular flexibility index (Phi) is 6.52. The van der Waals surface area contributed by atoms with Crippen LogP contribution in [0.25, 0.3) is 0 Å². The van der Waals surface area contributed by atoms with Crippen molar-refractivity contribution in [3.8, 4) is 0 Å². The molecule has 0 unspecified atom stereocenters. The summed E-state index contributed by atoms with van der Waals surface area (Å²) in [6.45, 7) is 0.475. The van der Waals surface area contributed by atoms with Crippen LogP contribution in [-0.2, 0) is 11.3 Å². The first-order chi connectivity index (χ1) is 10.7. The number of nitrogens with one attached hydrogen (secondary N) is 1. The van der Waals surface area contributed by atoms with Gasteiger partial charge in [-0.05, 0) is 0 Å². The number of hydrogen-bond acceptors (Lipinski definition) is 3. The fourth-order valence-corrected chi connectivity index (χ4v) is 5.40. The van der Waals surface area contributed by atoms with Gasteiger partial charge in [-0.15, -0.1) is 0 Å². The van der Waals surface area contributed by atoms with Gasteiger partial charge in [-0.25, -0.2) is 0 Å². The molecule has 2 aromatic rings. The van der Waals surface area contributed by atoms with Gasteiger partial charge in [-0.3, -0.25) is 0 Å². The summed E-state index contributed by atoms with van der Waals surface area (Å²) in [5.74, 6) is -0.907. The zero-order valence-electron chi connectivity index (χ0n) is 11.7. The number of rotatable bonds is 7. The summed E-state index contributed by atoms with van der Waals surface area (Å²) in [6, 6.07) is 17.1. The molecule has 0 saturated carbocycles. The van der Waals surface area contributed by atoms with Crippen molar-refractivity contribution < 1.29 is 14.7 Å². The molecule has 0 aromatic heterocycles. The first kappa shape index (κ1) is 16.6. The summed E-state index contributed by atoms with van der Waals surface area (Å²) < 4.78 is 0.909.